The van der Waals surface area contributed by atoms with Gasteiger partial charge in [0, 0.05) is 12.6 Å². The zero-order valence-corrected chi connectivity index (χ0v) is 11.6. The molecule has 102 valence electrons. The number of nitrogens with zero attached hydrogens (tertiary/aromatic N) is 1. The normalized spacial score (nSPS) is 11.7. The Morgan fingerprint density at radius 2 is 1.95 bits per heavy atom. The molecule has 3 nitrogen and oxygen atoms in total. The first kappa shape index (κ1) is 14.1. The van der Waals surface area contributed by atoms with Crippen molar-refractivity contribution < 1.29 is 0 Å². The van der Waals surface area contributed by atoms with Crippen molar-refractivity contribution in [3.8, 4) is 6.07 Å². The van der Waals surface area contributed by atoms with E-state index in [2.05, 4.69) is 11.4 Å². The largest absolute Gasteiger partial charge is 0.384 e. The van der Waals surface area contributed by atoms with Crippen molar-refractivity contribution in [3.05, 3.63) is 65.2 Å². The summed E-state index contributed by atoms with van der Waals surface area (Å²) in [7, 11) is 0. The van der Waals surface area contributed by atoms with Crippen LogP contribution in [0.2, 0.25) is 0 Å². The Hall–Kier alpha value is -2.31. The number of aryl methyl sites for hydroxylation is 1. The van der Waals surface area contributed by atoms with Crippen molar-refractivity contribution in [1.29, 1.82) is 5.26 Å². The van der Waals surface area contributed by atoms with Gasteiger partial charge in [-0.3, -0.25) is 0 Å². The Balaban J connectivity index is 1.94. The molecule has 0 saturated heterocycles. The van der Waals surface area contributed by atoms with Crippen LogP contribution in [-0.2, 0) is 0 Å². The van der Waals surface area contributed by atoms with Gasteiger partial charge in [0.25, 0.3) is 0 Å². The van der Waals surface area contributed by atoms with Crippen LogP contribution >= 0.6 is 0 Å². The highest BCUT2D eigenvalue weighted by Crippen LogP contribution is 2.18. The van der Waals surface area contributed by atoms with Gasteiger partial charge in [0.15, 0.2) is 0 Å². The zero-order chi connectivity index (χ0) is 14.4. The zero-order valence-electron chi connectivity index (χ0n) is 11.6. The van der Waals surface area contributed by atoms with E-state index >= 15 is 0 Å². The van der Waals surface area contributed by atoms with Crippen molar-refractivity contribution in [3.63, 3.8) is 0 Å². The number of benzene rings is 2. The minimum atomic E-state index is 0.0130. The van der Waals surface area contributed by atoms with Crippen LogP contribution in [0.25, 0.3) is 0 Å². The van der Waals surface area contributed by atoms with Gasteiger partial charge in [-0.15, -0.1) is 0 Å². The first-order chi connectivity index (χ1) is 9.70. The quantitative estimate of drug-likeness (QED) is 0.871. The second-order valence-electron chi connectivity index (χ2n) is 4.89. The maximum Gasteiger partial charge on any atom is 0.101 e. The van der Waals surface area contributed by atoms with E-state index in [0.717, 1.165) is 29.8 Å². The van der Waals surface area contributed by atoms with Gasteiger partial charge in [-0.1, -0.05) is 36.4 Å². The highest BCUT2D eigenvalue weighted by Gasteiger charge is 2.06. The third-order valence-electron chi connectivity index (χ3n) is 3.29. The molecule has 1 atom stereocenters. The van der Waals surface area contributed by atoms with Crippen molar-refractivity contribution in [2.45, 2.75) is 19.4 Å². The van der Waals surface area contributed by atoms with E-state index in [9.17, 15) is 0 Å². The van der Waals surface area contributed by atoms with Gasteiger partial charge < -0.3 is 11.1 Å². The molecule has 0 bridgehead atoms. The average Bonchev–Trinajstić information content (AvgIpc) is 2.48. The molecule has 0 saturated carbocycles. The molecule has 0 fully saturated rings. The predicted octanol–water partition coefficient (Wildman–Crippen LogP) is 3.37. The first-order valence-corrected chi connectivity index (χ1v) is 6.76. The molecule has 0 spiro atoms. The highest BCUT2D eigenvalue weighted by atomic mass is 14.9. The van der Waals surface area contributed by atoms with Crippen LogP contribution in [0.4, 0.5) is 5.69 Å². The smallest absolute Gasteiger partial charge is 0.101 e. The fraction of sp³-hybridized carbons (Fsp3) is 0.235. The van der Waals surface area contributed by atoms with Crippen LogP contribution in [0.5, 0.6) is 0 Å². The number of nitriles is 1. The maximum absolute atomic E-state index is 9.08. The summed E-state index contributed by atoms with van der Waals surface area (Å²) in [6.07, 6.45) is 0.822. The lowest BCUT2D eigenvalue weighted by atomic mass is 10.0. The molecule has 0 aliphatic carbocycles. The summed E-state index contributed by atoms with van der Waals surface area (Å²) < 4.78 is 0. The fourth-order valence-corrected chi connectivity index (χ4v) is 2.13. The van der Waals surface area contributed by atoms with Gasteiger partial charge in [0.05, 0.1) is 11.3 Å². The molecule has 2 aromatic carbocycles. The Kier molecular flexibility index (Phi) is 4.75. The molecule has 20 heavy (non-hydrogen) atoms. The van der Waals surface area contributed by atoms with Crippen LogP contribution in [0.3, 0.4) is 0 Å². The van der Waals surface area contributed by atoms with E-state index < -0.39 is 0 Å². The molecule has 0 amide bonds. The summed E-state index contributed by atoms with van der Waals surface area (Å²) in [4.78, 5) is 0. The topological polar surface area (TPSA) is 61.8 Å². The number of hydrogen-bond donors (Lipinski definition) is 2. The van der Waals surface area contributed by atoms with Crippen LogP contribution in [-0.4, -0.2) is 6.54 Å². The van der Waals surface area contributed by atoms with Crippen LogP contribution < -0.4 is 11.1 Å². The summed E-state index contributed by atoms with van der Waals surface area (Å²) in [6.45, 7) is 2.76. The molecule has 0 radical (unpaired) electrons. The molecule has 1 unspecified atom stereocenters. The van der Waals surface area contributed by atoms with Crippen LogP contribution in [0.1, 0.15) is 29.2 Å². The maximum atomic E-state index is 9.08. The predicted molar refractivity (Wildman–Crippen MR) is 82.4 cm³/mol. The van der Waals surface area contributed by atoms with Gasteiger partial charge in [-0.05, 0) is 36.6 Å². The number of anilines is 1. The van der Waals surface area contributed by atoms with Crippen molar-refractivity contribution >= 4 is 5.69 Å². The molecule has 0 aliphatic rings. The lowest BCUT2D eigenvalue weighted by Gasteiger charge is -2.14. The van der Waals surface area contributed by atoms with E-state index in [1.165, 1.54) is 0 Å². The standard InChI is InChI=1S/C17H19N3/c1-13-7-8-15(12-18)17(11-13)20-10-9-16(19)14-5-3-2-4-6-14/h2-8,11,16,20H,9-10,19H2,1H3. The summed E-state index contributed by atoms with van der Waals surface area (Å²) in [6, 6.07) is 18.1. The number of nitrogens with one attached hydrogen (secondary N) is 1. The molecular formula is C17H19N3. The lowest BCUT2D eigenvalue weighted by molar-refractivity contribution is 0.675. The van der Waals surface area contributed by atoms with Crippen LogP contribution in [0, 0.1) is 18.3 Å². The first-order valence-electron chi connectivity index (χ1n) is 6.76. The molecule has 3 heteroatoms. The second kappa shape index (κ2) is 6.74. The summed E-state index contributed by atoms with van der Waals surface area (Å²) in [5, 5.41) is 12.4. The number of rotatable bonds is 5. The summed E-state index contributed by atoms with van der Waals surface area (Å²) in [5.74, 6) is 0. The molecular weight excluding hydrogens is 246 g/mol. The average molecular weight is 265 g/mol. The number of hydrogen-bond acceptors (Lipinski definition) is 3. The van der Waals surface area contributed by atoms with E-state index in [-0.39, 0.29) is 6.04 Å². The van der Waals surface area contributed by atoms with Gasteiger partial charge in [-0.25, -0.2) is 0 Å². The van der Waals surface area contributed by atoms with E-state index in [0.29, 0.717) is 5.56 Å². The van der Waals surface area contributed by atoms with Crippen molar-refractivity contribution in [2.24, 2.45) is 5.73 Å². The van der Waals surface area contributed by atoms with Crippen molar-refractivity contribution in [2.75, 3.05) is 11.9 Å². The summed E-state index contributed by atoms with van der Waals surface area (Å²) >= 11 is 0. The van der Waals surface area contributed by atoms with Gasteiger partial charge in [0.2, 0.25) is 0 Å². The van der Waals surface area contributed by atoms with Gasteiger partial charge in [-0.2, -0.15) is 5.26 Å². The molecule has 0 aliphatic heterocycles. The Morgan fingerprint density at radius 3 is 2.65 bits per heavy atom. The Bertz CT molecular complexity index is 599. The highest BCUT2D eigenvalue weighted by molar-refractivity contribution is 5.58. The minimum absolute atomic E-state index is 0.0130. The molecule has 3 N–H and O–H groups in total. The van der Waals surface area contributed by atoms with Gasteiger partial charge >= 0.3 is 0 Å². The third kappa shape index (κ3) is 3.59. The number of nitrogens with two attached hydrogens (primary N) is 1. The fourth-order valence-electron chi connectivity index (χ4n) is 2.13. The molecule has 2 rings (SSSR count). The van der Waals surface area contributed by atoms with E-state index in [1.54, 1.807) is 0 Å². The van der Waals surface area contributed by atoms with E-state index in [1.807, 2.05) is 55.5 Å². The van der Waals surface area contributed by atoms with Crippen molar-refractivity contribution in [1.82, 2.24) is 0 Å². The molecule has 0 aromatic heterocycles. The van der Waals surface area contributed by atoms with Crippen LogP contribution in [0.15, 0.2) is 48.5 Å². The molecule has 2 aromatic rings. The lowest BCUT2D eigenvalue weighted by Crippen LogP contribution is -2.15. The van der Waals surface area contributed by atoms with Gasteiger partial charge in [0.1, 0.15) is 6.07 Å². The Morgan fingerprint density at radius 1 is 1.20 bits per heavy atom. The Labute approximate surface area is 120 Å². The molecule has 0 heterocycles. The third-order valence-corrected chi connectivity index (χ3v) is 3.29. The monoisotopic (exact) mass is 265 g/mol. The summed E-state index contributed by atoms with van der Waals surface area (Å²) in [5.41, 5.74) is 9.98. The van der Waals surface area contributed by atoms with E-state index in [4.69, 9.17) is 11.0 Å². The second-order valence-corrected chi connectivity index (χ2v) is 4.89. The minimum Gasteiger partial charge on any atom is -0.384 e. The SMILES string of the molecule is Cc1ccc(C#N)c(NCCC(N)c2ccccc2)c1.